The van der Waals surface area contributed by atoms with Crippen LogP contribution in [0.2, 0.25) is 0 Å². The van der Waals surface area contributed by atoms with Crippen molar-refractivity contribution in [3.8, 4) is 0 Å². The predicted molar refractivity (Wildman–Crippen MR) is 101 cm³/mol. The van der Waals surface area contributed by atoms with Crippen molar-refractivity contribution in [2.75, 3.05) is 31.1 Å². The fourth-order valence-electron chi connectivity index (χ4n) is 3.23. The monoisotopic (exact) mass is 356 g/mol. The standard InChI is InChI=1S/C19H24N4O3/c1-14(24)15-4-6-16(7-5-15)23-10-8-22(9-11-23)13-17-12-18(25)21(3)19(26)20(17)2/h4-7,12H,8-11,13H2,1-3H3. The van der Waals surface area contributed by atoms with E-state index >= 15 is 0 Å². The number of aromatic nitrogens is 2. The molecule has 3 rings (SSSR count). The third-order valence-electron chi connectivity index (χ3n) is 5.02. The number of benzene rings is 1. The molecule has 0 atom stereocenters. The van der Waals surface area contributed by atoms with E-state index in [0.29, 0.717) is 6.54 Å². The first-order chi connectivity index (χ1) is 12.4. The zero-order valence-corrected chi connectivity index (χ0v) is 15.4. The van der Waals surface area contributed by atoms with E-state index in [1.165, 1.54) is 17.7 Å². The van der Waals surface area contributed by atoms with E-state index in [4.69, 9.17) is 0 Å². The minimum atomic E-state index is -0.295. The highest BCUT2D eigenvalue weighted by atomic mass is 16.2. The van der Waals surface area contributed by atoms with Gasteiger partial charge in [0, 0.05) is 69.8 Å². The molecule has 0 radical (unpaired) electrons. The number of carbonyl (C=O) groups is 1. The van der Waals surface area contributed by atoms with E-state index in [9.17, 15) is 14.4 Å². The molecular formula is C19H24N4O3. The van der Waals surface area contributed by atoms with Gasteiger partial charge in [0.1, 0.15) is 0 Å². The molecule has 1 aliphatic heterocycles. The summed E-state index contributed by atoms with van der Waals surface area (Å²) in [6.07, 6.45) is 0. The summed E-state index contributed by atoms with van der Waals surface area (Å²) >= 11 is 0. The van der Waals surface area contributed by atoms with Crippen LogP contribution in [0.5, 0.6) is 0 Å². The van der Waals surface area contributed by atoms with Crippen LogP contribution in [0.25, 0.3) is 0 Å². The molecule has 1 saturated heterocycles. The van der Waals surface area contributed by atoms with Gasteiger partial charge in [-0.05, 0) is 31.2 Å². The first-order valence-corrected chi connectivity index (χ1v) is 8.71. The largest absolute Gasteiger partial charge is 0.369 e. The van der Waals surface area contributed by atoms with Gasteiger partial charge in [-0.3, -0.25) is 23.6 Å². The molecule has 7 heteroatoms. The molecule has 0 spiro atoms. The Morgan fingerprint density at radius 3 is 2.15 bits per heavy atom. The highest BCUT2D eigenvalue weighted by Gasteiger charge is 2.19. The average molecular weight is 356 g/mol. The van der Waals surface area contributed by atoms with E-state index in [0.717, 1.165) is 47.7 Å². The van der Waals surface area contributed by atoms with Crippen molar-refractivity contribution in [3.05, 3.63) is 62.4 Å². The number of rotatable bonds is 4. The summed E-state index contributed by atoms with van der Waals surface area (Å²) in [5, 5.41) is 0. The van der Waals surface area contributed by atoms with Crippen LogP contribution in [0, 0.1) is 0 Å². The Bertz CT molecular complexity index is 919. The SMILES string of the molecule is CC(=O)c1ccc(N2CCN(Cc3cc(=O)n(C)c(=O)n3C)CC2)cc1. The van der Waals surface area contributed by atoms with Crippen molar-refractivity contribution in [2.45, 2.75) is 13.5 Å². The van der Waals surface area contributed by atoms with Gasteiger partial charge in [-0.2, -0.15) is 0 Å². The highest BCUT2D eigenvalue weighted by molar-refractivity contribution is 5.94. The highest BCUT2D eigenvalue weighted by Crippen LogP contribution is 2.18. The lowest BCUT2D eigenvalue weighted by Gasteiger charge is -2.36. The zero-order chi connectivity index (χ0) is 18.8. The summed E-state index contributed by atoms with van der Waals surface area (Å²) in [6.45, 7) is 5.56. The summed E-state index contributed by atoms with van der Waals surface area (Å²) in [4.78, 5) is 39.8. The fraction of sp³-hybridized carbons (Fsp3) is 0.421. The minimum Gasteiger partial charge on any atom is -0.369 e. The molecule has 1 fully saturated rings. The normalized spacial score (nSPS) is 15.3. The second-order valence-electron chi connectivity index (χ2n) is 6.74. The number of carbonyl (C=O) groups excluding carboxylic acids is 1. The second-order valence-corrected chi connectivity index (χ2v) is 6.74. The smallest absolute Gasteiger partial charge is 0.330 e. The van der Waals surface area contributed by atoms with Crippen LogP contribution in [0.1, 0.15) is 23.0 Å². The van der Waals surface area contributed by atoms with E-state index in [1.54, 1.807) is 14.0 Å². The van der Waals surface area contributed by atoms with Crippen LogP contribution >= 0.6 is 0 Å². The molecule has 0 amide bonds. The molecule has 0 N–H and O–H groups in total. The summed E-state index contributed by atoms with van der Waals surface area (Å²) in [5.41, 5.74) is 2.00. The Morgan fingerprint density at radius 2 is 1.58 bits per heavy atom. The average Bonchev–Trinajstić information content (AvgIpc) is 2.65. The molecule has 138 valence electrons. The van der Waals surface area contributed by atoms with Crippen LogP contribution in [0.3, 0.4) is 0 Å². The number of piperazine rings is 1. The number of Topliss-reactive ketones (excluding diaryl/α,β-unsaturated/α-hetero) is 1. The summed E-state index contributed by atoms with van der Waals surface area (Å²) in [5.74, 6) is 0.0704. The molecule has 1 aliphatic rings. The Hall–Kier alpha value is -2.67. The van der Waals surface area contributed by atoms with Crippen LogP contribution < -0.4 is 16.1 Å². The Balaban J connectivity index is 1.65. The van der Waals surface area contributed by atoms with Crippen molar-refractivity contribution in [1.29, 1.82) is 0 Å². The van der Waals surface area contributed by atoms with E-state index in [-0.39, 0.29) is 17.0 Å². The first-order valence-electron chi connectivity index (χ1n) is 8.71. The second kappa shape index (κ2) is 7.29. The number of nitrogens with zero attached hydrogens (tertiary/aromatic N) is 4. The van der Waals surface area contributed by atoms with Crippen LogP contribution in [0.4, 0.5) is 5.69 Å². The molecule has 0 aliphatic carbocycles. The maximum Gasteiger partial charge on any atom is 0.330 e. The van der Waals surface area contributed by atoms with Gasteiger partial charge >= 0.3 is 5.69 Å². The number of ketones is 1. The molecule has 0 bridgehead atoms. The number of hydrogen-bond donors (Lipinski definition) is 0. The lowest BCUT2D eigenvalue weighted by atomic mass is 10.1. The molecule has 2 heterocycles. The van der Waals surface area contributed by atoms with Crippen molar-refractivity contribution in [3.63, 3.8) is 0 Å². The molecule has 1 aromatic heterocycles. The van der Waals surface area contributed by atoms with E-state index < -0.39 is 0 Å². The van der Waals surface area contributed by atoms with Gasteiger partial charge in [0.05, 0.1) is 0 Å². The molecule has 7 nitrogen and oxygen atoms in total. The van der Waals surface area contributed by atoms with Crippen molar-refractivity contribution in [2.24, 2.45) is 14.1 Å². The predicted octanol–water partition coefficient (Wildman–Crippen LogP) is 0.609. The number of hydrogen-bond acceptors (Lipinski definition) is 5. The summed E-state index contributed by atoms with van der Waals surface area (Å²) in [6, 6.07) is 9.22. The Kier molecular flexibility index (Phi) is 5.08. The molecule has 0 unspecified atom stereocenters. The number of anilines is 1. The van der Waals surface area contributed by atoms with E-state index in [1.807, 2.05) is 24.3 Å². The van der Waals surface area contributed by atoms with Crippen molar-refractivity contribution in [1.82, 2.24) is 14.0 Å². The molecule has 0 saturated carbocycles. The Morgan fingerprint density at radius 1 is 0.962 bits per heavy atom. The maximum absolute atomic E-state index is 12.0. The van der Waals surface area contributed by atoms with Crippen LogP contribution in [0.15, 0.2) is 39.9 Å². The molecular weight excluding hydrogens is 332 g/mol. The molecule has 1 aromatic carbocycles. The van der Waals surface area contributed by atoms with Gasteiger partial charge in [0.25, 0.3) is 5.56 Å². The van der Waals surface area contributed by atoms with Crippen LogP contribution in [-0.2, 0) is 20.6 Å². The third-order valence-corrected chi connectivity index (χ3v) is 5.02. The lowest BCUT2D eigenvalue weighted by Crippen LogP contribution is -2.47. The quantitative estimate of drug-likeness (QED) is 0.751. The van der Waals surface area contributed by atoms with Gasteiger partial charge in [0.15, 0.2) is 5.78 Å². The topological polar surface area (TPSA) is 67.6 Å². The van der Waals surface area contributed by atoms with Gasteiger partial charge in [-0.15, -0.1) is 0 Å². The molecule has 2 aromatic rings. The van der Waals surface area contributed by atoms with Gasteiger partial charge in [-0.1, -0.05) is 0 Å². The van der Waals surface area contributed by atoms with Gasteiger partial charge in [0.2, 0.25) is 0 Å². The van der Waals surface area contributed by atoms with Crippen molar-refractivity contribution >= 4 is 11.5 Å². The van der Waals surface area contributed by atoms with Gasteiger partial charge in [-0.25, -0.2) is 4.79 Å². The minimum absolute atomic E-state index is 0.0704. The Labute approximate surface area is 152 Å². The van der Waals surface area contributed by atoms with Crippen molar-refractivity contribution < 1.29 is 4.79 Å². The van der Waals surface area contributed by atoms with Gasteiger partial charge < -0.3 is 4.90 Å². The van der Waals surface area contributed by atoms with Crippen LogP contribution in [-0.4, -0.2) is 46.0 Å². The maximum atomic E-state index is 12.0. The van der Waals surface area contributed by atoms with E-state index in [2.05, 4.69) is 9.80 Å². The summed E-state index contributed by atoms with van der Waals surface area (Å²) in [7, 11) is 3.19. The first kappa shape index (κ1) is 18.1. The zero-order valence-electron chi connectivity index (χ0n) is 15.4. The molecule has 26 heavy (non-hydrogen) atoms. The third kappa shape index (κ3) is 3.62. The lowest BCUT2D eigenvalue weighted by molar-refractivity contribution is 0.101. The fourth-order valence-corrected chi connectivity index (χ4v) is 3.23. The summed E-state index contributed by atoms with van der Waals surface area (Å²) < 4.78 is 2.65.